The third kappa shape index (κ3) is 21.9. The van der Waals surface area contributed by atoms with Gasteiger partial charge in [0.25, 0.3) is 0 Å². The molecule has 0 heterocycles. The van der Waals surface area contributed by atoms with Crippen LogP contribution in [0.15, 0.2) is 87.1 Å². The molecule has 1 aliphatic carbocycles. The maximum Gasteiger partial charge on any atom is 0.357 e. The van der Waals surface area contributed by atoms with Crippen molar-refractivity contribution in [3.63, 3.8) is 0 Å². The van der Waals surface area contributed by atoms with Gasteiger partial charge in [0.05, 0.1) is 31.5 Å². The van der Waals surface area contributed by atoms with Crippen LogP contribution in [0, 0.1) is 7.14 Å². The van der Waals surface area contributed by atoms with Gasteiger partial charge in [0.15, 0.2) is 17.4 Å². The number of nitrogens with two attached hydrogens (primary N) is 1. The zero-order valence-corrected chi connectivity index (χ0v) is 26.8. The molecule has 2 aromatic rings. The smallest absolute Gasteiger partial charge is 0.357 e. The highest BCUT2D eigenvalue weighted by Gasteiger charge is 2.15. The van der Waals surface area contributed by atoms with E-state index in [4.69, 9.17) is 41.4 Å². The minimum atomic E-state index is -4.42. The zero-order valence-electron chi connectivity index (χ0n) is 23.9. The molecule has 0 aromatic heterocycles. The van der Waals surface area contributed by atoms with E-state index in [1.807, 2.05) is 24.3 Å². The van der Waals surface area contributed by atoms with E-state index in [0.29, 0.717) is 45.7 Å². The van der Waals surface area contributed by atoms with Crippen molar-refractivity contribution in [1.82, 2.24) is 0 Å². The van der Waals surface area contributed by atoms with Gasteiger partial charge >= 0.3 is 21.2 Å². The Balaban J connectivity index is 0.000000428. The van der Waals surface area contributed by atoms with E-state index in [9.17, 15) is 0 Å². The minimum Gasteiger partial charge on any atom is -0.736 e. The van der Waals surface area contributed by atoms with Crippen LogP contribution >= 0.6 is 0 Å². The molecule has 2 N–H and O–H groups in total. The van der Waals surface area contributed by atoms with Crippen LogP contribution in [-0.2, 0) is 29.3 Å². The highest BCUT2D eigenvalue weighted by Crippen LogP contribution is 2.19. The lowest BCUT2D eigenvalue weighted by Gasteiger charge is -2.21. The Hall–Kier alpha value is -2.78. The average molecular weight is 720 g/mol. The van der Waals surface area contributed by atoms with Crippen molar-refractivity contribution in [1.29, 1.82) is 0 Å². The molecule has 0 amide bonds. The van der Waals surface area contributed by atoms with E-state index < -0.39 is 10.3 Å². The van der Waals surface area contributed by atoms with E-state index in [2.05, 4.69) is 49.1 Å². The lowest BCUT2D eigenvalue weighted by molar-refractivity contribution is -0.597. The van der Waals surface area contributed by atoms with Crippen molar-refractivity contribution in [2.24, 2.45) is 5.14 Å². The predicted molar refractivity (Wildman–Crippen MR) is 156 cm³/mol. The average Bonchev–Trinajstić information content (AvgIpc) is 2.97. The molecular weight excluding hydrogens is 677 g/mol. The number of hydrogen-bond acceptors (Lipinski definition) is 9. The molecule has 1 fully saturated rings. The molecule has 3 rings (SSSR count). The van der Waals surface area contributed by atoms with Gasteiger partial charge in [0.1, 0.15) is 44.5 Å². The van der Waals surface area contributed by atoms with Gasteiger partial charge in [-0.15, -0.1) is 0 Å². The SMILES string of the molecule is C=COCCOC1CCCCC1.C=COCCOc1ccc([I+]c2ccc(OCCOC=C)cc2)cc1.NS(=O)(=O)[O-]. The molecule has 0 bridgehead atoms. The Kier molecular flexibility index (Phi) is 21.1. The number of ether oxygens (including phenoxy) is 6. The summed E-state index contributed by atoms with van der Waals surface area (Å²) in [6.45, 7) is 13.8. The molecule has 12 heteroatoms. The van der Waals surface area contributed by atoms with Crippen LogP contribution in [0.4, 0.5) is 0 Å². The Morgan fingerprint density at radius 1 is 0.714 bits per heavy atom. The van der Waals surface area contributed by atoms with Gasteiger partial charge in [0.2, 0.25) is 0 Å². The first-order chi connectivity index (χ1) is 20.2. The van der Waals surface area contributed by atoms with Crippen LogP contribution in [0.5, 0.6) is 11.5 Å². The second-order valence-corrected chi connectivity index (χ2v) is 12.5. The normalized spacial score (nSPS) is 12.7. The van der Waals surface area contributed by atoms with Crippen LogP contribution in [0.3, 0.4) is 0 Å². The molecule has 42 heavy (non-hydrogen) atoms. The second-order valence-electron chi connectivity index (χ2n) is 8.44. The van der Waals surface area contributed by atoms with Crippen LogP contribution < -0.4 is 35.8 Å². The molecule has 0 saturated heterocycles. The van der Waals surface area contributed by atoms with Crippen LogP contribution in [-0.4, -0.2) is 58.7 Å². The number of halogens is 1. The van der Waals surface area contributed by atoms with Gasteiger partial charge in [-0.05, 0) is 61.4 Å². The van der Waals surface area contributed by atoms with Gasteiger partial charge < -0.3 is 33.0 Å². The summed E-state index contributed by atoms with van der Waals surface area (Å²) in [5.74, 6) is 1.71. The summed E-state index contributed by atoms with van der Waals surface area (Å²) in [6.07, 6.45) is 11.3. The first-order valence-electron chi connectivity index (χ1n) is 13.4. The van der Waals surface area contributed by atoms with Crippen LogP contribution in [0.1, 0.15) is 32.1 Å². The third-order valence-electron chi connectivity index (χ3n) is 5.25. The van der Waals surface area contributed by atoms with E-state index in [1.165, 1.54) is 58.0 Å². The summed E-state index contributed by atoms with van der Waals surface area (Å²) in [6, 6.07) is 16.5. The molecule has 0 radical (unpaired) electrons. The molecule has 0 atom stereocenters. The highest BCUT2D eigenvalue weighted by atomic mass is 127. The van der Waals surface area contributed by atoms with E-state index in [-0.39, 0.29) is 21.2 Å². The van der Waals surface area contributed by atoms with Crippen molar-refractivity contribution >= 4 is 10.3 Å². The summed E-state index contributed by atoms with van der Waals surface area (Å²) in [4.78, 5) is 0. The number of benzene rings is 2. The summed E-state index contributed by atoms with van der Waals surface area (Å²) in [5.41, 5.74) is 0. The molecule has 0 spiro atoms. The van der Waals surface area contributed by atoms with Crippen molar-refractivity contribution in [3.05, 3.63) is 94.2 Å². The van der Waals surface area contributed by atoms with Crippen LogP contribution in [0.2, 0.25) is 0 Å². The maximum absolute atomic E-state index is 8.85. The Labute approximate surface area is 260 Å². The van der Waals surface area contributed by atoms with Gasteiger partial charge in [-0.1, -0.05) is 39.0 Å². The molecule has 1 saturated carbocycles. The van der Waals surface area contributed by atoms with Gasteiger partial charge in [-0.3, -0.25) is 0 Å². The third-order valence-corrected chi connectivity index (χ3v) is 7.93. The van der Waals surface area contributed by atoms with Crippen molar-refractivity contribution in [2.45, 2.75) is 38.2 Å². The molecule has 2 aromatic carbocycles. The van der Waals surface area contributed by atoms with Gasteiger partial charge in [-0.25, -0.2) is 13.6 Å². The second kappa shape index (κ2) is 23.7. The summed E-state index contributed by atoms with van der Waals surface area (Å²) >= 11 is -0.223. The first-order valence-corrected chi connectivity index (χ1v) is 17.0. The van der Waals surface area contributed by atoms with E-state index >= 15 is 0 Å². The quantitative estimate of drug-likeness (QED) is 0.112. The lowest BCUT2D eigenvalue weighted by atomic mass is 9.98. The molecule has 0 unspecified atom stereocenters. The molecule has 234 valence electrons. The van der Waals surface area contributed by atoms with Crippen molar-refractivity contribution in [3.8, 4) is 11.5 Å². The van der Waals surface area contributed by atoms with Gasteiger partial charge in [-0.2, -0.15) is 0 Å². The zero-order chi connectivity index (χ0) is 30.9. The minimum absolute atomic E-state index is 0.223. The Morgan fingerprint density at radius 2 is 1.10 bits per heavy atom. The first kappa shape index (κ1) is 37.2. The van der Waals surface area contributed by atoms with E-state index in [0.717, 1.165) is 11.5 Å². The number of hydrogen-bond donors (Lipinski definition) is 1. The summed E-state index contributed by atoms with van der Waals surface area (Å²) in [5, 5.41) is 3.77. The van der Waals surface area contributed by atoms with Crippen molar-refractivity contribution in [2.75, 3.05) is 39.6 Å². The topological polar surface area (TPSA) is 139 Å². The molecule has 10 nitrogen and oxygen atoms in total. The fourth-order valence-corrected chi connectivity index (χ4v) is 5.63. The Morgan fingerprint density at radius 3 is 1.48 bits per heavy atom. The number of rotatable bonds is 17. The molecular formula is C30H42INO9S. The molecule has 0 aliphatic heterocycles. The van der Waals surface area contributed by atoms with Crippen molar-refractivity contribution < 1.29 is 62.6 Å². The standard InChI is InChI=1S/C20H22IO4.C10H18O2.H3NO3S/c1-3-22-13-15-24-19-9-5-17(6-10-19)21-18-7-11-20(12-8-18)25-16-14-23-4-2;1-2-11-8-9-12-10-6-4-3-5-7-10;1-5(2,3)4/h3-12H,1-2,13-16H2;2,10H,1,3-9H2;(H3,1,2,3,4)/q+1;;/p-1. The summed E-state index contributed by atoms with van der Waals surface area (Å²) in [7, 11) is -4.42. The monoisotopic (exact) mass is 719 g/mol. The van der Waals surface area contributed by atoms with Crippen LogP contribution in [0.25, 0.3) is 0 Å². The fourth-order valence-electron chi connectivity index (χ4n) is 3.47. The lowest BCUT2D eigenvalue weighted by Crippen LogP contribution is -3.61. The Bertz CT molecular complexity index is 1030. The van der Waals surface area contributed by atoms with E-state index in [1.54, 1.807) is 0 Å². The van der Waals surface area contributed by atoms with Gasteiger partial charge in [0, 0.05) is 0 Å². The molecule has 1 aliphatic rings. The predicted octanol–water partition coefficient (Wildman–Crippen LogP) is 1.79. The highest BCUT2D eigenvalue weighted by molar-refractivity contribution is 7.83. The fraction of sp³-hybridized carbons (Fsp3) is 0.400. The summed E-state index contributed by atoms with van der Waals surface area (Å²) < 4.78 is 61.0. The largest absolute Gasteiger partial charge is 0.736 e. The maximum atomic E-state index is 8.85.